The van der Waals surface area contributed by atoms with Crippen LogP contribution in [0.25, 0.3) is 22.6 Å². The monoisotopic (exact) mass is 379 g/mol. The van der Waals surface area contributed by atoms with Gasteiger partial charge in [-0.2, -0.15) is 5.10 Å². The standard InChI is InChI=1S/C20H25N7O/c1-25-9-12(8-22-25)19-23-18-16(6-7-21-20(18)24-19)26-10-13-2-3-14(11-26)27(13)15-4-5-17(15)28/h6-9,13-15,17,28H,2-5,10-11H2,1H3,(H,21,23,24)/t13?,14?,15-,17-/m1/s1. The SMILES string of the molecule is Cn1cc(-c2nc3c(N4CC5CCC(C4)N5[C@@H]4CC[C@H]4O)ccnc3[nH]2)cn1. The largest absolute Gasteiger partial charge is 0.391 e. The van der Waals surface area contributed by atoms with Crippen LogP contribution in [0.5, 0.6) is 0 Å². The van der Waals surface area contributed by atoms with E-state index in [9.17, 15) is 5.11 Å². The quantitative estimate of drug-likeness (QED) is 0.718. The van der Waals surface area contributed by atoms with E-state index in [1.807, 2.05) is 25.6 Å². The number of nitrogens with one attached hydrogen (secondary N) is 1. The van der Waals surface area contributed by atoms with E-state index in [0.717, 1.165) is 54.2 Å². The topological polar surface area (TPSA) is 86.1 Å². The first-order valence-corrected chi connectivity index (χ1v) is 10.2. The molecule has 2 saturated heterocycles. The van der Waals surface area contributed by atoms with Crippen molar-refractivity contribution in [1.82, 2.24) is 29.6 Å². The molecule has 3 aromatic heterocycles. The number of rotatable bonds is 3. The fraction of sp³-hybridized carbons (Fsp3) is 0.550. The molecule has 2 N–H and O–H groups in total. The van der Waals surface area contributed by atoms with Crippen LogP contribution in [0, 0.1) is 0 Å². The van der Waals surface area contributed by atoms with E-state index in [1.54, 1.807) is 4.68 Å². The van der Waals surface area contributed by atoms with Crippen molar-refractivity contribution in [3.8, 4) is 11.4 Å². The zero-order chi connectivity index (χ0) is 18.8. The molecule has 4 atom stereocenters. The summed E-state index contributed by atoms with van der Waals surface area (Å²) < 4.78 is 1.78. The number of hydrogen-bond acceptors (Lipinski definition) is 6. The van der Waals surface area contributed by atoms with Crippen LogP contribution in [0.4, 0.5) is 5.69 Å². The van der Waals surface area contributed by atoms with Crippen LogP contribution >= 0.6 is 0 Å². The molecule has 146 valence electrons. The number of H-pyrrole nitrogens is 1. The van der Waals surface area contributed by atoms with Crippen molar-refractivity contribution in [2.75, 3.05) is 18.0 Å². The number of anilines is 1. The van der Waals surface area contributed by atoms with Crippen molar-refractivity contribution in [2.45, 2.75) is 49.9 Å². The van der Waals surface area contributed by atoms with Gasteiger partial charge < -0.3 is 15.0 Å². The lowest BCUT2D eigenvalue weighted by atomic mass is 9.86. The van der Waals surface area contributed by atoms with Gasteiger partial charge in [-0.25, -0.2) is 9.97 Å². The summed E-state index contributed by atoms with van der Waals surface area (Å²) in [5.41, 5.74) is 3.87. The summed E-state index contributed by atoms with van der Waals surface area (Å²) in [6.45, 7) is 1.99. The Morgan fingerprint density at radius 1 is 1.14 bits per heavy atom. The number of nitrogens with zero attached hydrogens (tertiary/aromatic N) is 6. The number of pyridine rings is 1. The molecule has 6 rings (SSSR count). The summed E-state index contributed by atoms with van der Waals surface area (Å²) in [4.78, 5) is 17.8. The van der Waals surface area contributed by atoms with Gasteiger partial charge in [0.15, 0.2) is 5.65 Å². The number of aromatic amines is 1. The first-order valence-electron chi connectivity index (χ1n) is 10.2. The second-order valence-electron chi connectivity index (χ2n) is 8.46. The highest BCUT2D eigenvalue weighted by Crippen LogP contribution is 2.40. The van der Waals surface area contributed by atoms with Crippen LogP contribution in [0.2, 0.25) is 0 Å². The van der Waals surface area contributed by atoms with Crippen molar-refractivity contribution in [3.05, 3.63) is 24.7 Å². The third kappa shape index (κ3) is 2.41. The molecular formula is C20H25N7O. The summed E-state index contributed by atoms with van der Waals surface area (Å²) in [7, 11) is 1.91. The Labute approximate surface area is 163 Å². The molecule has 2 bridgehead atoms. The Kier molecular flexibility index (Phi) is 3.55. The fourth-order valence-electron chi connectivity index (χ4n) is 5.32. The van der Waals surface area contributed by atoms with Gasteiger partial charge >= 0.3 is 0 Å². The molecule has 0 spiro atoms. The number of aryl methyl sites for hydroxylation is 1. The predicted octanol–water partition coefficient (Wildman–Crippen LogP) is 1.53. The van der Waals surface area contributed by atoms with Crippen LogP contribution < -0.4 is 4.90 Å². The molecule has 0 radical (unpaired) electrons. The van der Waals surface area contributed by atoms with Crippen molar-refractivity contribution in [2.24, 2.45) is 7.05 Å². The van der Waals surface area contributed by atoms with Gasteiger partial charge in [0.05, 0.1) is 23.6 Å². The number of aliphatic hydroxyl groups excluding tert-OH is 1. The Morgan fingerprint density at radius 3 is 2.61 bits per heavy atom. The van der Waals surface area contributed by atoms with Crippen molar-refractivity contribution in [3.63, 3.8) is 0 Å². The molecule has 0 aromatic carbocycles. The Balaban J connectivity index is 1.32. The number of fused-ring (bicyclic) bond motifs is 3. The summed E-state index contributed by atoms with van der Waals surface area (Å²) in [6.07, 6.45) is 10.1. The second kappa shape index (κ2) is 6.02. The fourth-order valence-corrected chi connectivity index (χ4v) is 5.32. The van der Waals surface area contributed by atoms with Gasteiger partial charge in [0.2, 0.25) is 0 Å². The molecule has 28 heavy (non-hydrogen) atoms. The third-order valence-electron chi connectivity index (χ3n) is 6.81. The molecular weight excluding hydrogens is 354 g/mol. The van der Waals surface area contributed by atoms with Gasteiger partial charge in [0, 0.05) is 50.7 Å². The van der Waals surface area contributed by atoms with Gasteiger partial charge in [-0.3, -0.25) is 9.58 Å². The Morgan fingerprint density at radius 2 is 1.96 bits per heavy atom. The molecule has 5 heterocycles. The van der Waals surface area contributed by atoms with E-state index < -0.39 is 0 Å². The van der Waals surface area contributed by atoms with Crippen LogP contribution in [0.15, 0.2) is 24.7 Å². The van der Waals surface area contributed by atoms with Crippen LogP contribution in [0.3, 0.4) is 0 Å². The average molecular weight is 379 g/mol. The van der Waals surface area contributed by atoms with Gasteiger partial charge in [0.25, 0.3) is 0 Å². The van der Waals surface area contributed by atoms with Gasteiger partial charge in [-0.1, -0.05) is 0 Å². The summed E-state index contributed by atoms with van der Waals surface area (Å²) in [5.74, 6) is 0.808. The van der Waals surface area contributed by atoms with Crippen molar-refractivity contribution in [1.29, 1.82) is 0 Å². The predicted molar refractivity (Wildman–Crippen MR) is 106 cm³/mol. The van der Waals surface area contributed by atoms with Gasteiger partial charge in [-0.05, 0) is 31.7 Å². The minimum absolute atomic E-state index is 0.129. The maximum Gasteiger partial charge on any atom is 0.159 e. The smallest absolute Gasteiger partial charge is 0.159 e. The van der Waals surface area contributed by atoms with E-state index in [-0.39, 0.29) is 6.10 Å². The van der Waals surface area contributed by atoms with Gasteiger partial charge in [0.1, 0.15) is 11.3 Å². The second-order valence-corrected chi connectivity index (χ2v) is 8.46. The van der Waals surface area contributed by atoms with Crippen LogP contribution in [-0.2, 0) is 7.05 Å². The lowest BCUT2D eigenvalue weighted by molar-refractivity contribution is -0.0472. The Bertz CT molecular complexity index is 1010. The molecule has 8 nitrogen and oxygen atoms in total. The van der Waals surface area contributed by atoms with Crippen molar-refractivity contribution >= 4 is 16.9 Å². The van der Waals surface area contributed by atoms with Gasteiger partial charge in [-0.15, -0.1) is 0 Å². The summed E-state index contributed by atoms with van der Waals surface area (Å²) in [5, 5.41) is 14.4. The number of aromatic nitrogens is 5. The first-order chi connectivity index (χ1) is 13.7. The molecule has 0 amide bonds. The molecule has 2 aliphatic heterocycles. The van der Waals surface area contributed by atoms with E-state index in [0.29, 0.717) is 18.1 Å². The molecule has 3 aliphatic rings. The molecule has 8 heteroatoms. The molecule has 2 unspecified atom stereocenters. The lowest BCUT2D eigenvalue weighted by Gasteiger charge is -2.50. The minimum atomic E-state index is -0.129. The zero-order valence-electron chi connectivity index (χ0n) is 16.0. The minimum Gasteiger partial charge on any atom is -0.391 e. The van der Waals surface area contributed by atoms with E-state index in [2.05, 4.69) is 30.9 Å². The number of aliphatic hydroxyl groups is 1. The highest BCUT2D eigenvalue weighted by molar-refractivity contribution is 5.88. The summed E-state index contributed by atoms with van der Waals surface area (Å²) >= 11 is 0. The maximum absolute atomic E-state index is 10.2. The van der Waals surface area contributed by atoms with Crippen molar-refractivity contribution < 1.29 is 5.11 Å². The molecule has 1 aliphatic carbocycles. The van der Waals surface area contributed by atoms with E-state index in [4.69, 9.17) is 4.98 Å². The lowest BCUT2D eigenvalue weighted by Crippen LogP contribution is -2.62. The number of piperazine rings is 1. The highest BCUT2D eigenvalue weighted by atomic mass is 16.3. The normalized spacial score (nSPS) is 30.1. The molecule has 3 aromatic rings. The Hall–Kier alpha value is -2.45. The molecule has 3 fully saturated rings. The van der Waals surface area contributed by atoms with Crippen LogP contribution in [-0.4, -0.2) is 72.1 Å². The number of hydrogen-bond donors (Lipinski definition) is 2. The molecule has 1 saturated carbocycles. The number of imidazole rings is 1. The highest BCUT2D eigenvalue weighted by Gasteiger charge is 2.48. The zero-order valence-corrected chi connectivity index (χ0v) is 16.0. The average Bonchev–Trinajstić information content (AvgIpc) is 3.36. The van der Waals surface area contributed by atoms with Crippen LogP contribution in [0.1, 0.15) is 25.7 Å². The first kappa shape index (κ1) is 16.5. The third-order valence-corrected chi connectivity index (χ3v) is 6.81. The summed E-state index contributed by atoms with van der Waals surface area (Å²) in [6, 6.07) is 3.51. The maximum atomic E-state index is 10.2. The van der Waals surface area contributed by atoms with E-state index in [1.165, 1.54) is 12.8 Å². The van der Waals surface area contributed by atoms with E-state index >= 15 is 0 Å².